The molecule has 2 amide bonds. The molecule has 0 bridgehead atoms. The third kappa shape index (κ3) is 6.08. The van der Waals surface area contributed by atoms with Crippen molar-refractivity contribution in [1.29, 1.82) is 0 Å². The normalized spacial score (nSPS) is 11.0. The van der Waals surface area contributed by atoms with Crippen LogP contribution in [0.3, 0.4) is 0 Å². The smallest absolute Gasteiger partial charge is 0.244 e. The number of hydrogen-bond donors (Lipinski definition) is 2. The minimum atomic E-state index is -0.384. The van der Waals surface area contributed by atoms with Crippen molar-refractivity contribution in [3.05, 3.63) is 87.7 Å². The van der Waals surface area contributed by atoms with E-state index in [0.29, 0.717) is 17.3 Å². The summed E-state index contributed by atoms with van der Waals surface area (Å²) in [6.45, 7) is 6.32. The van der Waals surface area contributed by atoms with Crippen LogP contribution in [0.15, 0.2) is 54.6 Å². The Kier molecular flexibility index (Phi) is 7.84. The molecule has 0 saturated carbocycles. The van der Waals surface area contributed by atoms with Gasteiger partial charge in [0.2, 0.25) is 11.8 Å². The first kappa shape index (κ1) is 23.3. The summed E-state index contributed by atoms with van der Waals surface area (Å²) in [4.78, 5) is 24.4. The van der Waals surface area contributed by atoms with Gasteiger partial charge in [-0.1, -0.05) is 66.6 Å². The zero-order valence-corrected chi connectivity index (χ0v) is 19.2. The zero-order valence-electron chi connectivity index (χ0n) is 18.5. The average molecular weight is 451 g/mol. The van der Waals surface area contributed by atoms with Gasteiger partial charge >= 0.3 is 0 Å². The van der Waals surface area contributed by atoms with Gasteiger partial charge in [0.05, 0.1) is 18.8 Å². The molecule has 0 aliphatic carbocycles. The number of carbonyl (C=O) groups excluding carboxylic acids is 2. The van der Waals surface area contributed by atoms with Crippen molar-refractivity contribution in [3.8, 4) is 0 Å². The maximum absolute atomic E-state index is 12.2. The van der Waals surface area contributed by atoms with Crippen LogP contribution in [-0.2, 0) is 22.6 Å². The molecule has 0 unspecified atom stereocenters. The topological polar surface area (TPSA) is 76.0 Å². The van der Waals surface area contributed by atoms with E-state index in [-0.39, 0.29) is 18.4 Å². The molecule has 0 fully saturated rings. The van der Waals surface area contributed by atoms with Crippen molar-refractivity contribution in [2.45, 2.75) is 33.7 Å². The number of halogens is 1. The number of carbonyl (C=O) groups is 2. The molecule has 2 N–H and O–H groups in total. The Labute approximate surface area is 193 Å². The van der Waals surface area contributed by atoms with E-state index in [9.17, 15) is 9.59 Å². The van der Waals surface area contributed by atoms with Gasteiger partial charge in [-0.25, -0.2) is 4.68 Å². The number of rotatable bonds is 8. The number of hydrogen-bond acceptors (Lipinski definition) is 3. The Morgan fingerprint density at radius 2 is 1.81 bits per heavy atom. The Bertz CT molecular complexity index is 1130. The Balaban J connectivity index is 1.57. The lowest BCUT2D eigenvalue weighted by Gasteiger charge is -2.09. The lowest BCUT2D eigenvalue weighted by molar-refractivity contribution is -0.121. The maximum Gasteiger partial charge on any atom is 0.244 e. The molecule has 2 aromatic carbocycles. The number of aromatic nitrogens is 2. The fraction of sp³-hybridized carbons (Fsp3) is 0.240. The lowest BCUT2D eigenvalue weighted by atomic mass is 10.1. The Morgan fingerprint density at radius 3 is 2.53 bits per heavy atom. The fourth-order valence-corrected chi connectivity index (χ4v) is 3.56. The molecule has 0 aliphatic heterocycles. The molecule has 0 saturated heterocycles. The lowest BCUT2D eigenvalue weighted by Crippen LogP contribution is -2.31. The van der Waals surface area contributed by atoms with E-state index in [0.717, 1.165) is 28.9 Å². The van der Waals surface area contributed by atoms with Crippen LogP contribution < -0.4 is 10.6 Å². The van der Waals surface area contributed by atoms with Crippen molar-refractivity contribution in [2.75, 3.05) is 11.9 Å². The first-order valence-corrected chi connectivity index (χ1v) is 10.9. The van der Waals surface area contributed by atoms with Gasteiger partial charge in [0, 0.05) is 17.3 Å². The molecule has 1 heterocycles. The van der Waals surface area contributed by atoms with E-state index < -0.39 is 0 Å². The molecule has 3 rings (SSSR count). The summed E-state index contributed by atoms with van der Waals surface area (Å²) in [5.41, 5.74) is 5.47. The highest BCUT2D eigenvalue weighted by molar-refractivity contribution is 6.31. The van der Waals surface area contributed by atoms with Gasteiger partial charge in [-0.15, -0.1) is 0 Å². The van der Waals surface area contributed by atoms with Crippen LogP contribution in [0.5, 0.6) is 0 Å². The monoisotopic (exact) mass is 450 g/mol. The van der Waals surface area contributed by atoms with Gasteiger partial charge in [0.25, 0.3) is 0 Å². The second-order valence-corrected chi connectivity index (χ2v) is 7.90. The number of anilines is 1. The van der Waals surface area contributed by atoms with Crippen LogP contribution in [0, 0.1) is 13.8 Å². The molecule has 32 heavy (non-hydrogen) atoms. The van der Waals surface area contributed by atoms with E-state index in [1.807, 2.05) is 69.3 Å². The summed E-state index contributed by atoms with van der Waals surface area (Å²) >= 11 is 6.49. The molecule has 0 atom stereocenters. The summed E-state index contributed by atoms with van der Waals surface area (Å²) in [5, 5.41) is 10.4. The molecule has 6 nitrogen and oxygen atoms in total. The summed E-state index contributed by atoms with van der Waals surface area (Å²) in [6, 6.07) is 15.8. The van der Waals surface area contributed by atoms with E-state index in [1.165, 1.54) is 11.6 Å². The van der Waals surface area contributed by atoms with E-state index >= 15 is 0 Å². The predicted octanol–water partition coefficient (Wildman–Crippen LogP) is 4.53. The van der Waals surface area contributed by atoms with Crippen LogP contribution in [0.1, 0.15) is 34.9 Å². The summed E-state index contributed by atoms with van der Waals surface area (Å²) in [6.07, 6.45) is 3.79. The molecular weight excluding hydrogens is 424 g/mol. The molecule has 0 spiro atoms. The molecule has 0 radical (unpaired) electrons. The van der Waals surface area contributed by atoms with E-state index in [2.05, 4.69) is 15.7 Å². The largest absolute Gasteiger partial charge is 0.343 e. The third-order valence-corrected chi connectivity index (χ3v) is 5.46. The molecule has 1 aromatic heterocycles. The Morgan fingerprint density at radius 1 is 1.09 bits per heavy atom. The average Bonchev–Trinajstić information content (AvgIpc) is 3.05. The number of nitrogens with one attached hydrogen (secondary N) is 2. The van der Waals surface area contributed by atoms with Crippen LogP contribution in [0.4, 0.5) is 5.69 Å². The second-order valence-electron chi connectivity index (χ2n) is 7.54. The van der Waals surface area contributed by atoms with Crippen LogP contribution in [0.2, 0.25) is 5.15 Å². The van der Waals surface area contributed by atoms with Gasteiger partial charge in [0.1, 0.15) is 5.15 Å². The molecule has 3 aromatic rings. The molecule has 7 heteroatoms. The van der Waals surface area contributed by atoms with Crippen LogP contribution >= 0.6 is 11.6 Å². The fourth-order valence-electron chi connectivity index (χ4n) is 3.26. The van der Waals surface area contributed by atoms with Gasteiger partial charge in [0.15, 0.2) is 0 Å². The standard InChI is InChI=1S/C25H27ClN4O2/c1-4-20-7-5-6-8-22(20)28-24(32)15-27-23(31)14-13-21-18(3)29-30(25(21)26)16-19-11-9-17(2)10-12-19/h5-14H,4,15-16H2,1-3H3,(H,27,31)(H,28,32)/b14-13+. The predicted molar refractivity (Wildman–Crippen MR) is 129 cm³/mol. The van der Waals surface area contributed by atoms with Crippen molar-refractivity contribution < 1.29 is 9.59 Å². The third-order valence-electron chi connectivity index (χ3n) is 5.06. The molecular formula is C25H27ClN4O2. The van der Waals surface area contributed by atoms with Crippen molar-refractivity contribution >= 4 is 35.2 Å². The minimum absolute atomic E-state index is 0.124. The van der Waals surface area contributed by atoms with Gasteiger partial charge in [-0.05, 0) is 43.5 Å². The van der Waals surface area contributed by atoms with Crippen molar-refractivity contribution in [1.82, 2.24) is 15.1 Å². The van der Waals surface area contributed by atoms with Crippen LogP contribution in [0.25, 0.3) is 6.08 Å². The molecule has 166 valence electrons. The van der Waals surface area contributed by atoms with Crippen LogP contribution in [-0.4, -0.2) is 28.1 Å². The number of para-hydroxylation sites is 1. The zero-order chi connectivity index (χ0) is 23.1. The number of amides is 2. The highest BCUT2D eigenvalue weighted by atomic mass is 35.5. The van der Waals surface area contributed by atoms with Gasteiger partial charge < -0.3 is 10.6 Å². The van der Waals surface area contributed by atoms with Gasteiger partial charge in [-0.3, -0.25) is 9.59 Å². The first-order valence-electron chi connectivity index (χ1n) is 10.5. The highest BCUT2D eigenvalue weighted by Crippen LogP contribution is 2.22. The Hall–Kier alpha value is -3.38. The van der Waals surface area contributed by atoms with E-state index in [1.54, 1.807) is 10.8 Å². The number of nitrogens with zero attached hydrogens (tertiary/aromatic N) is 2. The number of benzene rings is 2. The van der Waals surface area contributed by atoms with Crippen molar-refractivity contribution in [2.24, 2.45) is 0 Å². The first-order chi connectivity index (χ1) is 15.4. The SMILES string of the molecule is CCc1ccccc1NC(=O)CNC(=O)/C=C/c1c(C)nn(Cc2ccc(C)cc2)c1Cl. The van der Waals surface area contributed by atoms with Gasteiger partial charge in [-0.2, -0.15) is 5.10 Å². The summed E-state index contributed by atoms with van der Waals surface area (Å²) in [5.74, 6) is -0.668. The molecule has 0 aliphatic rings. The maximum atomic E-state index is 12.2. The second kappa shape index (κ2) is 10.8. The summed E-state index contributed by atoms with van der Waals surface area (Å²) in [7, 11) is 0. The number of aryl methyl sites for hydroxylation is 3. The minimum Gasteiger partial charge on any atom is -0.343 e. The quantitative estimate of drug-likeness (QED) is 0.495. The van der Waals surface area contributed by atoms with E-state index in [4.69, 9.17) is 11.6 Å². The summed E-state index contributed by atoms with van der Waals surface area (Å²) < 4.78 is 1.71. The highest BCUT2D eigenvalue weighted by Gasteiger charge is 2.12. The van der Waals surface area contributed by atoms with Crippen molar-refractivity contribution in [3.63, 3.8) is 0 Å².